The highest BCUT2D eigenvalue weighted by Crippen LogP contribution is 2.26. The molecule has 2 saturated heterocycles. The molecule has 0 atom stereocenters. The molecule has 0 bridgehead atoms. The number of nitrogens with one attached hydrogen (secondary N) is 1. The average Bonchev–Trinajstić information content (AvgIpc) is 3.11. The average molecular weight is 394 g/mol. The number of hydrogen-bond acceptors (Lipinski definition) is 4. The normalized spacial score (nSPS) is 19.9. The molecule has 7 heteroatoms. The minimum Gasteiger partial charge on any atom is -0.388 e. The first kappa shape index (κ1) is 20.1. The van der Waals surface area contributed by atoms with E-state index in [9.17, 15) is 14.7 Å². The van der Waals surface area contributed by atoms with Crippen LogP contribution in [0, 0.1) is 6.92 Å². The molecule has 2 aliphatic rings. The molecule has 0 aromatic heterocycles. The number of nitrogens with zero attached hydrogens (tertiary/aromatic N) is 2. The molecule has 0 unspecified atom stereocenters. The minimum absolute atomic E-state index is 0.198. The van der Waals surface area contributed by atoms with Gasteiger partial charge in [0.05, 0.1) is 5.60 Å². The lowest BCUT2D eigenvalue weighted by Crippen LogP contribution is -2.52. The highest BCUT2D eigenvalue weighted by Gasteiger charge is 2.36. The molecule has 1 aromatic rings. The Hall–Kier alpha value is -1.63. The summed E-state index contributed by atoms with van der Waals surface area (Å²) in [6, 6.07) is 5.26. The maximum Gasteiger partial charge on any atom is 0.233 e. The summed E-state index contributed by atoms with van der Waals surface area (Å²) in [5.74, 6) is -0.543. The van der Waals surface area contributed by atoms with E-state index in [2.05, 4.69) is 10.2 Å². The van der Waals surface area contributed by atoms with Crippen LogP contribution in [-0.4, -0.2) is 65.0 Å². The first-order chi connectivity index (χ1) is 12.8. The zero-order valence-corrected chi connectivity index (χ0v) is 16.6. The number of rotatable bonds is 5. The van der Waals surface area contributed by atoms with Crippen molar-refractivity contribution in [3.05, 3.63) is 28.8 Å². The van der Waals surface area contributed by atoms with Crippen LogP contribution in [0.25, 0.3) is 0 Å². The van der Waals surface area contributed by atoms with E-state index in [0.29, 0.717) is 43.2 Å². The number of piperidine rings is 1. The number of likely N-dealkylation sites (tertiary alicyclic amines) is 2. The molecular formula is C20H28ClN3O3. The van der Waals surface area contributed by atoms with E-state index in [-0.39, 0.29) is 18.2 Å². The Balaban J connectivity index is 1.47. The van der Waals surface area contributed by atoms with Crippen molar-refractivity contribution in [3.63, 3.8) is 0 Å². The summed E-state index contributed by atoms with van der Waals surface area (Å²) in [4.78, 5) is 28.7. The third-order valence-electron chi connectivity index (χ3n) is 5.55. The maximum absolute atomic E-state index is 12.5. The number of β-amino-alcohol motifs (C(OH)–C–C–N with tert-alkyl or cyclic N) is 1. The number of carbonyl (C=O) groups is 2. The van der Waals surface area contributed by atoms with Gasteiger partial charge in [-0.2, -0.15) is 0 Å². The van der Waals surface area contributed by atoms with Crippen LogP contribution in [0.15, 0.2) is 18.2 Å². The zero-order chi connectivity index (χ0) is 19.4. The Morgan fingerprint density at radius 1 is 1.19 bits per heavy atom. The molecular weight excluding hydrogens is 366 g/mol. The van der Waals surface area contributed by atoms with Gasteiger partial charge in [0.15, 0.2) is 0 Å². The van der Waals surface area contributed by atoms with Crippen molar-refractivity contribution >= 4 is 29.1 Å². The topological polar surface area (TPSA) is 72.9 Å². The van der Waals surface area contributed by atoms with E-state index in [1.54, 1.807) is 17.0 Å². The maximum atomic E-state index is 12.5. The van der Waals surface area contributed by atoms with Crippen molar-refractivity contribution in [3.8, 4) is 0 Å². The van der Waals surface area contributed by atoms with E-state index in [1.807, 2.05) is 13.0 Å². The Labute approximate surface area is 165 Å². The van der Waals surface area contributed by atoms with Crippen LogP contribution in [0.5, 0.6) is 0 Å². The van der Waals surface area contributed by atoms with Gasteiger partial charge in [0.25, 0.3) is 0 Å². The van der Waals surface area contributed by atoms with Gasteiger partial charge in [-0.05, 0) is 63.4 Å². The summed E-state index contributed by atoms with van der Waals surface area (Å²) in [5.41, 5.74) is 0.797. The third-order valence-corrected chi connectivity index (χ3v) is 5.78. The molecule has 27 heavy (non-hydrogen) atoms. The number of hydrogen-bond donors (Lipinski definition) is 2. The fourth-order valence-electron chi connectivity index (χ4n) is 3.86. The lowest BCUT2D eigenvalue weighted by atomic mass is 9.90. The quantitative estimate of drug-likeness (QED) is 0.753. The van der Waals surface area contributed by atoms with Crippen molar-refractivity contribution < 1.29 is 14.7 Å². The summed E-state index contributed by atoms with van der Waals surface area (Å²) in [6.45, 7) is 5.64. The van der Waals surface area contributed by atoms with Gasteiger partial charge in [-0.3, -0.25) is 9.59 Å². The Morgan fingerprint density at radius 2 is 1.85 bits per heavy atom. The van der Waals surface area contributed by atoms with Crippen LogP contribution in [-0.2, 0) is 9.59 Å². The fourth-order valence-corrected chi connectivity index (χ4v) is 4.03. The summed E-state index contributed by atoms with van der Waals surface area (Å²) in [5, 5.41) is 14.1. The van der Waals surface area contributed by atoms with E-state index in [1.165, 1.54) is 12.8 Å². The molecule has 0 saturated carbocycles. The number of anilines is 1. The minimum atomic E-state index is -0.721. The molecule has 0 spiro atoms. The van der Waals surface area contributed by atoms with Gasteiger partial charge in [-0.25, -0.2) is 0 Å². The SMILES string of the molecule is Cc1ccc(Cl)cc1NC(=O)CC(=O)N1CCC(O)(CN2CCCC2)CC1. The molecule has 148 valence electrons. The zero-order valence-electron chi connectivity index (χ0n) is 15.8. The van der Waals surface area contributed by atoms with Gasteiger partial charge >= 0.3 is 0 Å². The van der Waals surface area contributed by atoms with Gasteiger partial charge in [0.1, 0.15) is 6.42 Å². The fraction of sp³-hybridized carbons (Fsp3) is 0.600. The molecule has 0 radical (unpaired) electrons. The molecule has 6 nitrogen and oxygen atoms in total. The summed E-state index contributed by atoms with van der Waals surface area (Å²) >= 11 is 5.96. The second-order valence-corrected chi connectivity index (χ2v) is 8.21. The van der Waals surface area contributed by atoms with Gasteiger partial charge in [0, 0.05) is 30.3 Å². The number of amides is 2. The second kappa shape index (κ2) is 8.59. The predicted molar refractivity (Wildman–Crippen MR) is 106 cm³/mol. The summed E-state index contributed by atoms with van der Waals surface area (Å²) in [6.07, 6.45) is 3.31. The number of halogens is 1. The van der Waals surface area contributed by atoms with Crippen LogP contribution in [0.2, 0.25) is 5.02 Å². The highest BCUT2D eigenvalue weighted by atomic mass is 35.5. The predicted octanol–water partition coefficient (Wildman–Crippen LogP) is 2.43. The molecule has 0 aliphatic carbocycles. The molecule has 2 N–H and O–H groups in total. The van der Waals surface area contributed by atoms with Crippen molar-refractivity contribution in [2.24, 2.45) is 0 Å². The number of carbonyl (C=O) groups excluding carboxylic acids is 2. The van der Waals surface area contributed by atoms with Gasteiger partial charge in [0.2, 0.25) is 11.8 Å². The van der Waals surface area contributed by atoms with Crippen LogP contribution in [0.4, 0.5) is 5.69 Å². The molecule has 2 fully saturated rings. The van der Waals surface area contributed by atoms with E-state index in [0.717, 1.165) is 18.7 Å². The largest absolute Gasteiger partial charge is 0.388 e. The standard InChI is InChI=1S/C20H28ClN3O3/c1-15-4-5-16(21)12-17(15)22-18(25)13-19(26)24-10-6-20(27,7-11-24)14-23-8-2-3-9-23/h4-5,12,27H,2-3,6-11,13-14H2,1H3,(H,22,25). The van der Waals surface area contributed by atoms with E-state index < -0.39 is 5.60 Å². The van der Waals surface area contributed by atoms with E-state index >= 15 is 0 Å². The van der Waals surface area contributed by atoms with Crippen LogP contribution in [0.3, 0.4) is 0 Å². The number of aryl methyl sites for hydroxylation is 1. The number of benzene rings is 1. The Bertz CT molecular complexity index is 696. The molecule has 3 rings (SSSR count). The van der Waals surface area contributed by atoms with Crippen molar-refractivity contribution in [2.75, 3.05) is 38.0 Å². The highest BCUT2D eigenvalue weighted by molar-refractivity contribution is 6.31. The van der Waals surface area contributed by atoms with Gasteiger partial charge in [-0.15, -0.1) is 0 Å². The third kappa shape index (κ3) is 5.43. The lowest BCUT2D eigenvalue weighted by molar-refractivity contribution is -0.138. The monoisotopic (exact) mass is 393 g/mol. The Kier molecular flexibility index (Phi) is 6.40. The molecule has 2 heterocycles. The first-order valence-corrected chi connectivity index (χ1v) is 10.0. The smallest absolute Gasteiger partial charge is 0.233 e. The van der Waals surface area contributed by atoms with Gasteiger partial charge < -0.3 is 20.2 Å². The molecule has 1 aromatic carbocycles. The first-order valence-electron chi connectivity index (χ1n) is 9.63. The lowest BCUT2D eigenvalue weighted by Gasteiger charge is -2.40. The van der Waals surface area contributed by atoms with Crippen molar-refractivity contribution in [1.82, 2.24) is 9.80 Å². The Morgan fingerprint density at radius 3 is 2.52 bits per heavy atom. The summed E-state index contributed by atoms with van der Waals surface area (Å²) < 4.78 is 0. The second-order valence-electron chi connectivity index (χ2n) is 7.77. The van der Waals surface area contributed by atoms with Crippen molar-refractivity contribution in [2.45, 2.75) is 44.6 Å². The van der Waals surface area contributed by atoms with Gasteiger partial charge in [-0.1, -0.05) is 17.7 Å². The number of aliphatic hydroxyl groups is 1. The summed E-state index contributed by atoms with van der Waals surface area (Å²) in [7, 11) is 0. The van der Waals surface area contributed by atoms with Crippen LogP contribution in [0.1, 0.15) is 37.7 Å². The van der Waals surface area contributed by atoms with Crippen molar-refractivity contribution in [1.29, 1.82) is 0 Å². The van der Waals surface area contributed by atoms with Crippen LogP contribution >= 0.6 is 11.6 Å². The van der Waals surface area contributed by atoms with E-state index in [4.69, 9.17) is 11.6 Å². The van der Waals surface area contributed by atoms with Crippen LogP contribution < -0.4 is 5.32 Å². The molecule has 2 amide bonds. The molecule has 2 aliphatic heterocycles.